The van der Waals surface area contributed by atoms with Gasteiger partial charge in [-0.1, -0.05) is 146 Å². The summed E-state index contributed by atoms with van der Waals surface area (Å²) < 4.78 is 0. The van der Waals surface area contributed by atoms with Crippen molar-refractivity contribution in [2.75, 3.05) is 0 Å². The number of rotatable bonds is 7. The molecule has 0 amide bonds. The number of fused-ring (bicyclic) bond motifs is 2. The van der Waals surface area contributed by atoms with Crippen molar-refractivity contribution in [3.8, 4) is 77.9 Å². The summed E-state index contributed by atoms with van der Waals surface area (Å²) in [5, 5.41) is 4.85. The molecule has 0 radical (unpaired) electrons. The molecular formula is C54H36N2. The van der Waals surface area contributed by atoms with Gasteiger partial charge in [-0.25, -0.2) is 0 Å². The largest absolute Gasteiger partial charge is 0.264 e. The van der Waals surface area contributed by atoms with Gasteiger partial charge in [-0.3, -0.25) is 9.97 Å². The molecule has 0 aliphatic heterocycles. The van der Waals surface area contributed by atoms with Crippen LogP contribution in [0.4, 0.5) is 0 Å². The Morgan fingerprint density at radius 3 is 1.09 bits per heavy atom. The third kappa shape index (κ3) is 6.24. The maximum Gasteiger partial charge on any atom is 0.0346 e. The van der Waals surface area contributed by atoms with Gasteiger partial charge in [0.1, 0.15) is 0 Å². The van der Waals surface area contributed by atoms with E-state index in [0.717, 1.165) is 22.3 Å². The Bertz CT molecular complexity index is 2930. The number of pyridine rings is 2. The van der Waals surface area contributed by atoms with Crippen molar-refractivity contribution in [2.24, 2.45) is 0 Å². The smallest absolute Gasteiger partial charge is 0.0346 e. The lowest BCUT2D eigenvalue weighted by Crippen LogP contribution is -1.93. The second-order valence-corrected chi connectivity index (χ2v) is 14.2. The lowest BCUT2D eigenvalue weighted by Gasteiger charge is -2.20. The first kappa shape index (κ1) is 33.2. The normalized spacial score (nSPS) is 11.2. The first-order valence-electron chi connectivity index (χ1n) is 19.0. The number of hydrogen-bond acceptors (Lipinski definition) is 2. The van der Waals surface area contributed by atoms with E-state index in [9.17, 15) is 0 Å². The van der Waals surface area contributed by atoms with Crippen LogP contribution in [-0.2, 0) is 0 Å². The Morgan fingerprint density at radius 2 is 0.589 bits per heavy atom. The number of nitrogens with zero attached hydrogens (tertiary/aromatic N) is 2. The van der Waals surface area contributed by atoms with Crippen LogP contribution in [0, 0.1) is 0 Å². The van der Waals surface area contributed by atoms with Crippen molar-refractivity contribution in [3.63, 3.8) is 0 Å². The summed E-state index contributed by atoms with van der Waals surface area (Å²) in [6.07, 6.45) is 7.53. The van der Waals surface area contributed by atoms with Crippen molar-refractivity contribution < 1.29 is 0 Å². The van der Waals surface area contributed by atoms with Crippen LogP contribution in [0.25, 0.3) is 99.4 Å². The SMILES string of the molecule is c1ccc(-c2cc(-c3ccccc3)cc(-c3ccc4c(-c5cccc(-c6cccnc6)c5)c5ccccc5c(-c5cccc(-c6cccnc6)c5)c4c3)c2)cc1. The fourth-order valence-corrected chi connectivity index (χ4v) is 8.14. The number of benzene rings is 8. The molecule has 8 aromatic carbocycles. The van der Waals surface area contributed by atoms with Crippen LogP contribution in [0.5, 0.6) is 0 Å². The van der Waals surface area contributed by atoms with E-state index in [1.54, 1.807) is 0 Å². The van der Waals surface area contributed by atoms with E-state index in [2.05, 4.69) is 192 Å². The highest BCUT2D eigenvalue weighted by Crippen LogP contribution is 2.46. The molecule has 0 aliphatic rings. The quantitative estimate of drug-likeness (QED) is 0.154. The van der Waals surface area contributed by atoms with E-state index in [-0.39, 0.29) is 0 Å². The Kier molecular flexibility index (Phi) is 8.55. The predicted octanol–water partition coefficient (Wildman–Crippen LogP) is 14.5. The van der Waals surface area contributed by atoms with Gasteiger partial charge in [-0.15, -0.1) is 0 Å². The monoisotopic (exact) mass is 712 g/mol. The average Bonchev–Trinajstić information content (AvgIpc) is 3.29. The van der Waals surface area contributed by atoms with Crippen LogP contribution in [0.15, 0.2) is 219 Å². The first-order chi connectivity index (χ1) is 27.8. The highest BCUT2D eigenvalue weighted by atomic mass is 14.6. The van der Waals surface area contributed by atoms with Crippen LogP contribution in [0.2, 0.25) is 0 Å². The lowest BCUT2D eigenvalue weighted by atomic mass is 9.83. The molecule has 0 spiro atoms. The zero-order chi connectivity index (χ0) is 37.3. The molecule has 0 unspecified atom stereocenters. The van der Waals surface area contributed by atoms with Crippen LogP contribution in [0.3, 0.4) is 0 Å². The molecule has 56 heavy (non-hydrogen) atoms. The molecule has 2 aromatic heterocycles. The van der Waals surface area contributed by atoms with Gasteiger partial charge in [0.25, 0.3) is 0 Å². The summed E-state index contributed by atoms with van der Waals surface area (Å²) in [5.74, 6) is 0. The summed E-state index contributed by atoms with van der Waals surface area (Å²) in [5.41, 5.74) is 16.4. The van der Waals surface area contributed by atoms with Crippen LogP contribution >= 0.6 is 0 Å². The second kappa shape index (κ2) is 14.4. The van der Waals surface area contributed by atoms with E-state index in [1.165, 1.54) is 77.2 Å². The fraction of sp³-hybridized carbons (Fsp3) is 0. The first-order valence-corrected chi connectivity index (χ1v) is 19.0. The summed E-state index contributed by atoms with van der Waals surface area (Å²) in [4.78, 5) is 8.86. The van der Waals surface area contributed by atoms with E-state index < -0.39 is 0 Å². The molecule has 0 saturated heterocycles. The van der Waals surface area contributed by atoms with Crippen molar-refractivity contribution in [2.45, 2.75) is 0 Å². The molecule has 10 rings (SSSR count). The Morgan fingerprint density at radius 1 is 0.214 bits per heavy atom. The minimum absolute atomic E-state index is 1.10. The molecule has 0 bridgehead atoms. The highest BCUT2D eigenvalue weighted by Gasteiger charge is 2.19. The summed E-state index contributed by atoms with van der Waals surface area (Å²) in [6.45, 7) is 0. The number of aromatic nitrogens is 2. The van der Waals surface area contributed by atoms with E-state index >= 15 is 0 Å². The minimum Gasteiger partial charge on any atom is -0.264 e. The van der Waals surface area contributed by atoms with Crippen molar-refractivity contribution in [3.05, 3.63) is 219 Å². The summed E-state index contributed by atoms with van der Waals surface area (Å²) in [6, 6.07) is 70.4. The molecule has 0 N–H and O–H groups in total. The van der Waals surface area contributed by atoms with E-state index in [4.69, 9.17) is 0 Å². The Balaban J connectivity index is 1.26. The van der Waals surface area contributed by atoms with Crippen molar-refractivity contribution >= 4 is 21.5 Å². The molecule has 10 aromatic rings. The van der Waals surface area contributed by atoms with E-state index in [1.807, 2.05) is 36.9 Å². The summed E-state index contributed by atoms with van der Waals surface area (Å²) in [7, 11) is 0. The van der Waals surface area contributed by atoms with Gasteiger partial charge < -0.3 is 0 Å². The molecule has 0 saturated carbocycles. The molecule has 2 nitrogen and oxygen atoms in total. The maximum atomic E-state index is 4.44. The van der Waals surface area contributed by atoms with Crippen LogP contribution in [-0.4, -0.2) is 9.97 Å². The van der Waals surface area contributed by atoms with Gasteiger partial charge in [-0.05, 0) is 137 Å². The maximum absolute atomic E-state index is 4.44. The van der Waals surface area contributed by atoms with Crippen LogP contribution < -0.4 is 0 Å². The topological polar surface area (TPSA) is 25.8 Å². The van der Waals surface area contributed by atoms with Crippen molar-refractivity contribution in [1.29, 1.82) is 0 Å². The zero-order valence-electron chi connectivity index (χ0n) is 30.7. The molecule has 0 atom stereocenters. The summed E-state index contributed by atoms with van der Waals surface area (Å²) >= 11 is 0. The Labute approximate surface area is 327 Å². The van der Waals surface area contributed by atoms with Crippen molar-refractivity contribution in [1.82, 2.24) is 9.97 Å². The third-order valence-electron chi connectivity index (χ3n) is 10.8. The van der Waals surface area contributed by atoms with Gasteiger partial charge >= 0.3 is 0 Å². The van der Waals surface area contributed by atoms with Gasteiger partial charge in [0.05, 0.1) is 0 Å². The fourth-order valence-electron chi connectivity index (χ4n) is 8.14. The predicted molar refractivity (Wildman–Crippen MR) is 235 cm³/mol. The van der Waals surface area contributed by atoms with Gasteiger partial charge in [0.2, 0.25) is 0 Å². The molecule has 0 aliphatic carbocycles. The van der Waals surface area contributed by atoms with Gasteiger partial charge in [0.15, 0.2) is 0 Å². The van der Waals surface area contributed by atoms with Gasteiger partial charge in [-0.2, -0.15) is 0 Å². The average molecular weight is 713 g/mol. The third-order valence-corrected chi connectivity index (χ3v) is 10.8. The minimum atomic E-state index is 1.10. The second-order valence-electron chi connectivity index (χ2n) is 14.2. The van der Waals surface area contributed by atoms with Crippen LogP contribution in [0.1, 0.15) is 0 Å². The lowest BCUT2D eigenvalue weighted by molar-refractivity contribution is 1.33. The standard InChI is InChI=1S/C54H36N2/c1-3-13-37(14-4-1)46-31-47(38-15-5-2-6-16-38)33-48(32-46)41-25-26-51-52(34-41)54(43-20-10-18-40(30-43)45-22-12-28-56-36-45)50-24-8-7-23-49(50)53(51)42-19-9-17-39(29-42)44-21-11-27-55-35-44/h1-36H. The highest BCUT2D eigenvalue weighted by molar-refractivity contribution is 6.22. The van der Waals surface area contributed by atoms with Gasteiger partial charge in [0, 0.05) is 35.9 Å². The van der Waals surface area contributed by atoms with E-state index in [0.29, 0.717) is 0 Å². The molecule has 2 heteroatoms. The molecular weight excluding hydrogens is 677 g/mol. The molecule has 262 valence electrons. The zero-order valence-corrected chi connectivity index (χ0v) is 30.7. The molecule has 0 fully saturated rings. The molecule has 2 heterocycles. The Hall–Kier alpha value is -7.42. The number of hydrogen-bond donors (Lipinski definition) is 0.